The summed E-state index contributed by atoms with van der Waals surface area (Å²) in [6, 6.07) is 7.87. The zero-order chi connectivity index (χ0) is 15.9. The Labute approximate surface area is 140 Å². The zero-order valence-corrected chi connectivity index (χ0v) is 14.8. The maximum atomic E-state index is 12.3. The third-order valence-electron chi connectivity index (χ3n) is 4.20. The molecular weight excluding hydrogens is 300 g/mol. The number of benzene rings is 1. The molecule has 0 aliphatic heterocycles. The van der Waals surface area contributed by atoms with Crippen LogP contribution in [0.25, 0.3) is 0 Å². The predicted molar refractivity (Wildman–Crippen MR) is 93.6 cm³/mol. The number of rotatable bonds is 8. The molecule has 0 saturated heterocycles. The number of aryl methyl sites for hydroxylation is 1. The number of ether oxygens (including phenoxy) is 1. The highest BCUT2D eigenvalue weighted by atomic mass is 35.5. The molecule has 1 atom stereocenters. The van der Waals surface area contributed by atoms with Crippen LogP contribution in [0.5, 0.6) is 5.75 Å². The predicted octanol–water partition coefficient (Wildman–Crippen LogP) is 3.07. The molecule has 0 aliphatic rings. The average molecular weight is 329 g/mol. The lowest BCUT2D eigenvalue weighted by atomic mass is 9.81. The second kappa shape index (κ2) is 9.70. The fourth-order valence-electron chi connectivity index (χ4n) is 2.32. The van der Waals surface area contributed by atoms with Gasteiger partial charge in [-0.1, -0.05) is 32.0 Å². The molecule has 0 aromatic heterocycles. The summed E-state index contributed by atoms with van der Waals surface area (Å²) in [5.41, 5.74) is 6.42. The molecule has 0 bridgehead atoms. The van der Waals surface area contributed by atoms with Crippen LogP contribution in [0.1, 0.15) is 39.2 Å². The average Bonchev–Trinajstić information content (AvgIpc) is 2.50. The van der Waals surface area contributed by atoms with Gasteiger partial charge in [0.2, 0.25) is 5.91 Å². The van der Waals surface area contributed by atoms with E-state index in [1.165, 1.54) is 0 Å². The highest BCUT2D eigenvalue weighted by Crippen LogP contribution is 2.25. The monoisotopic (exact) mass is 328 g/mol. The van der Waals surface area contributed by atoms with Gasteiger partial charge >= 0.3 is 0 Å². The Hall–Kier alpha value is -1.26. The highest BCUT2D eigenvalue weighted by Gasteiger charge is 2.33. The second-order valence-electron chi connectivity index (χ2n) is 5.60. The minimum absolute atomic E-state index is 0. The van der Waals surface area contributed by atoms with Crippen molar-refractivity contribution in [3.05, 3.63) is 29.8 Å². The Morgan fingerprint density at radius 2 is 1.91 bits per heavy atom. The van der Waals surface area contributed by atoms with E-state index in [1.54, 1.807) is 0 Å². The fraction of sp³-hybridized carbons (Fsp3) is 0.588. The number of hydrogen-bond donors (Lipinski definition) is 2. The quantitative estimate of drug-likeness (QED) is 0.770. The van der Waals surface area contributed by atoms with E-state index in [0.29, 0.717) is 13.1 Å². The summed E-state index contributed by atoms with van der Waals surface area (Å²) in [7, 11) is 0. The molecule has 5 heteroatoms. The number of para-hydroxylation sites is 1. The van der Waals surface area contributed by atoms with Crippen LogP contribution in [0.4, 0.5) is 0 Å². The van der Waals surface area contributed by atoms with Crippen molar-refractivity contribution in [2.24, 2.45) is 11.1 Å². The van der Waals surface area contributed by atoms with Crippen molar-refractivity contribution in [3.8, 4) is 5.75 Å². The van der Waals surface area contributed by atoms with Gasteiger partial charge in [0.15, 0.2) is 0 Å². The molecule has 1 aromatic carbocycles. The molecule has 126 valence electrons. The third kappa shape index (κ3) is 5.18. The van der Waals surface area contributed by atoms with Crippen molar-refractivity contribution in [3.63, 3.8) is 0 Å². The van der Waals surface area contributed by atoms with Gasteiger partial charge in [0, 0.05) is 6.54 Å². The van der Waals surface area contributed by atoms with E-state index in [4.69, 9.17) is 10.5 Å². The van der Waals surface area contributed by atoms with E-state index in [9.17, 15) is 4.79 Å². The maximum Gasteiger partial charge on any atom is 0.227 e. The highest BCUT2D eigenvalue weighted by molar-refractivity contribution is 5.85. The van der Waals surface area contributed by atoms with Crippen LogP contribution >= 0.6 is 12.4 Å². The fourth-order valence-corrected chi connectivity index (χ4v) is 2.32. The van der Waals surface area contributed by atoms with Gasteiger partial charge in [-0.2, -0.15) is 0 Å². The van der Waals surface area contributed by atoms with Crippen LogP contribution in [-0.2, 0) is 4.79 Å². The number of halogens is 1. The van der Waals surface area contributed by atoms with E-state index < -0.39 is 5.41 Å². The summed E-state index contributed by atoms with van der Waals surface area (Å²) in [6.07, 6.45) is 1.41. The number of nitrogens with one attached hydrogen (secondary N) is 1. The van der Waals surface area contributed by atoms with Crippen LogP contribution < -0.4 is 15.8 Å². The molecule has 0 radical (unpaired) electrons. The van der Waals surface area contributed by atoms with Crippen LogP contribution in [0.15, 0.2) is 24.3 Å². The lowest BCUT2D eigenvalue weighted by molar-refractivity contribution is -0.131. The molecule has 1 amide bonds. The minimum Gasteiger partial charge on any atom is -0.489 e. The van der Waals surface area contributed by atoms with Gasteiger partial charge in [-0.15, -0.1) is 12.4 Å². The number of carbonyl (C=O) groups is 1. The molecule has 1 unspecified atom stereocenters. The molecule has 22 heavy (non-hydrogen) atoms. The SMILES string of the molecule is CCC(CC)(CN)C(=O)NCC(C)Oc1ccccc1C.Cl. The third-order valence-corrected chi connectivity index (χ3v) is 4.20. The first-order valence-corrected chi connectivity index (χ1v) is 7.69. The first kappa shape index (κ1) is 20.7. The normalized spacial score (nSPS) is 12.2. The van der Waals surface area contributed by atoms with E-state index in [2.05, 4.69) is 5.32 Å². The molecule has 0 saturated carbocycles. The van der Waals surface area contributed by atoms with Crippen LogP contribution in [0.3, 0.4) is 0 Å². The summed E-state index contributed by atoms with van der Waals surface area (Å²) in [5, 5.41) is 2.97. The lowest BCUT2D eigenvalue weighted by Gasteiger charge is -2.29. The summed E-state index contributed by atoms with van der Waals surface area (Å²) >= 11 is 0. The van der Waals surface area contributed by atoms with Gasteiger partial charge in [0.1, 0.15) is 11.9 Å². The van der Waals surface area contributed by atoms with Crippen LogP contribution in [0.2, 0.25) is 0 Å². The maximum absolute atomic E-state index is 12.3. The largest absolute Gasteiger partial charge is 0.489 e. The van der Waals surface area contributed by atoms with Gasteiger partial charge in [0.25, 0.3) is 0 Å². The Morgan fingerprint density at radius 3 is 2.41 bits per heavy atom. The van der Waals surface area contributed by atoms with Crippen LogP contribution in [-0.4, -0.2) is 25.1 Å². The van der Waals surface area contributed by atoms with Crippen molar-refractivity contribution in [2.75, 3.05) is 13.1 Å². The zero-order valence-electron chi connectivity index (χ0n) is 14.0. The van der Waals surface area contributed by atoms with Crippen molar-refractivity contribution < 1.29 is 9.53 Å². The number of nitrogens with two attached hydrogens (primary N) is 1. The smallest absolute Gasteiger partial charge is 0.227 e. The number of hydrogen-bond acceptors (Lipinski definition) is 3. The van der Waals surface area contributed by atoms with Gasteiger partial charge < -0.3 is 15.8 Å². The Kier molecular flexibility index (Phi) is 9.14. The van der Waals surface area contributed by atoms with E-state index in [-0.39, 0.29) is 24.4 Å². The van der Waals surface area contributed by atoms with Crippen molar-refractivity contribution in [1.29, 1.82) is 0 Å². The van der Waals surface area contributed by atoms with Gasteiger partial charge in [0.05, 0.1) is 12.0 Å². The molecule has 0 fully saturated rings. The van der Waals surface area contributed by atoms with Gasteiger partial charge in [-0.25, -0.2) is 0 Å². The number of amides is 1. The molecule has 1 aromatic rings. The minimum atomic E-state index is -0.456. The van der Waals surface area contributed by atoms with Gasteiger partial charge in [-0.05, 0) is 38.3 Å². The van der Waals surface area contributed by atoms with Crippen LogP contribution in [0, 0.1) is 12.3 Å². The first-order chi connectivity index (χ1) is 9.99. The second-order valence-corrected chi connectivity index (χ2v) is 5.60. The molecule has 4 nitrogen and oxygen atoms in total. The summed E-state index contributed by atoms with van der Waals surface area (Å²) in [5.74, 6) is 0.880. The van der Waals surface area contributed by atoms with E-state index >= 15 is 0 Å². The summed E-state index contributed by atoms with van der Waals surface area (Å²) in [6.45, 7) is 8.82. The van der Waals surface area contributed by atoms with E-state index in [1.807, 2.05) is 52.0 Å². The Morgan fingerprint density at radius 1 is 1.32 bits per heavy atom. The molecule has 0 heterocycles. The molecule has 0 aliphatic carbocycles. The molecule has 3 N–H and O–H groups in total. The molecular formula is C17H29ClN2O2. The van der Waals surface area contributed by atoms with Crippen molar-refractivity contribution in [2.45, 2.75) is 46.6 Å². The van der Waals surface area contributed by atoms with Crippen molar-refractivity contribution in [1.82, 2.24) is 5.32 Å². The first-order valence-electron chi connectivity index (χ1n) is 7.69. The number of carbonyl (C=O) groups excluding carboxylic acids is 1. The summed E-state index contributed by atoms with van der Waals surface area (Å²) < 4.78 is 5.86. The van der Waals surface area contributed by atoms with Gasteiger partial charge in [-0.3, -0.25) is 4.79 Å². The lowest BCUT2D eigenvalue weighted by Crippen LogP contribution is -2.47. The topological polar surface area (TPSA) is 64.4 Å². The van der Waals surface area contributed by atoms with Crippen molar-refractivity contribution >= 4 is 18.3 Å². The Balaban J connectivity index is 0.00000441. The van der Waals surface area contributed by atoms with E-state index in [0.717, 1.165) is 24.2 Å². The Bertz CT molecular complexity index is 453. The molecule has 1 rings (SSSR count). The summed E-state index contributed by atoms with van der Waals surface area (Å²) in [4.78, 5) is 12.3. The molecule has 0 spiro atoms. The standard InChI is InChI=1S/C17H28N2O2.ClH/c1-5-17(6-2,12-18)16(20)19-11-14(4)21-15-10-8-7-9-13(15)3;/h7-10,14H,5-6,11-12,18H2,1-4H3,(H,19,20);1H.